The van der Waals surface area contributed by atoms with Crippen molar-refractivity contribution in [3.8, 4) is 5.75 Å². The number of benzene rings is 2. The van der Waals surface area contributed by atoms with E-state index in [2.05, 4.69) is 36.1 Å². The smallest absolute Gasteiger partial charge is 0.339 e. The molecule has 4 nitrogen and oxygen atoms in total. The van der Waals surface area contributed by atoms with Crippen molar-refractivity contribution in [2.45, 2.75) is 76.3 Å². The second kappa shape index (κ2) is 8.71. The summed E-state index contributed by atoms with van der Waals surface area (Å²) < 4.78 is 0. The van der Waals surface area contributed by atoms with Crippen LogP contribution in [0, 0.1) is 5.92 Å². The zero-order valence-corrected chi connectivity index (χ0v) is 17.9. The summed E-state index contributed by atoms with van der Waals surface area (Å²) in [6, 6.07) is 15.9. The summed E-state index contributed by atoms with van der Waals surface area (Å²) >= 11 is 0. The van der Waals surface area contributed by atoms with E-state index in [1.807, 2.05) is 12.1 Å². The first-order chi connectivity index (χ1) is 14.5. The maximum absolute atomic E-state index is 11.4. The molecule has 1 heterocycles. The number of carboxylic acids is 1. The van der Waals surface area contributed by atoms with Gasteiger partial charge in [-0.1, -0.05) is 62.4 Å². The quantitative estimate of drug-likeness (QED) is 0.603. The van der Waals surface area contributed by atoms with Gasteiger partial charge in [0.1, 0.15) is 11.3 Å². The Labute approximate surface area is 179 Å². The molecule has 1 saturated heterocycles. The van der Waals surface area contributed by atoms with Crippen LogP contribution in [0.15, 0.2) is 48.5 Å². The molecule has 0 amide bonds. The van der Waals surface area contributed by atoms with Gasteiger partial charge in [0.25, 0.3) is 0 Å². The SMILES string of the molecule is CC1(C2CCCCCCC2)CCC(c2ccccc2)N1c1ccc(C(=O)O)c(O)c1. The third-order valence-electron chi connectivity index (χ3n) is 7.44. The van der Waals surface area contributed by atoms with Crippen molar-refractivity contribution < 1.29 is 15.0 Å². The van der Waals surface area contributed by atoms with E-state index < -0.39 is 5.97 Å². The van der Waals surface area contributed by atoms with E-state index in [1.165, 1.54) is 50.5 Å². The fourth-order valence-corrected chi connectivity index (χ4v) is 5.83. The van der Waals surface area contributed by atoms with Crippen molar-refractivity contribution in [2.24, 2.45) is 5.92 Å². The lowest BCUT2D eigenvalue weighted by Gasteiger charge is -2.46. The summed E-state index contributed by atoms with van der Waals surface area (Å²) in [6.45, 7) is 2.39. The summed E-state index contributed by atoms with van der Waals surface area (Å²) in [5.74, 6) is -0.644. The van der Waals surface area contributed by atoms with Crippen molar-refractivity contribution in [2.75, 3.05) is 4.90 Å². The van der Waals surface area contributed by atoms with Crippen LogP contribution >= 0.6 is 0 Å². The monoisotopic (exact) mass is 407 g/mol. The molecule has 1 aliphatic carbocycles. The lowest BCUT2D eigenvalue weighted by atomic mass is 9.75. The number of carboxylic acid groups (broad SMARTS) is 1. The third kappa shape index (κ3) is 3.92. The van der Waals surface area contributed by atoms with E-state index in [-0.39, 0.29) is 22.9 Å². The van der Waals surface area contributed by atoms with Crippen LogP contribution in [-0.4, -0.2) is 21.7 Å². The van der Waals surface area contributed by atoms with Gasteiger partial charge in [0.2, 0.25) is 0 Å². The number of hydrogen-bond acceptors (Lipinski definition) is 3. The summed E-state index contributed by atoms with van der Waals surface area (Å²) in [5, 5.41) is 19.8. The number of anilines is 1. The molecule has 160 valence electrons. The summed E-state index contributed by atoms with van der Waals surface area (Å²) in [4.78, 5) is 13.9. The maximum Gasteiger partial charge on any atom is 0.339 e. The number of nitrogens with zero attached hydrogens (tertiary/aromatic N) is 1. The van der Waals surface area contributed by atoms with Crippen molar-refractivity contribution >= 4 is 11.7 Å². The highest BCUT2D eigenvalue weighted by atomic mass is 16.4. The Bertz CT molecular complexity index is 873. The van der Waals surface area contributed by atoms with Crippen molar-refractivity contribution in [3.05, 3.63) is 59.7 Å². The van der Waals surface area contributed by atoms with Gasteiger partial charge in [-0.05, 0) is 56.2 Å². The van der Waals surface area contributed by atoms with Crippen molar-refractivity contribution in [3.63, 3.8) is 0 Å². The van der Waals surface area contributed by atoms with E-state index in [1.54, 1.807) is 12.1 Å². The first kappa shape index (κ1) is 20.8. The minimum atomic E-state index is -1.09. The maximum atomic E-state index is 11.4. The van der Waals surface area contributed by atoms with Gasteiger partial charge in [-0.25, -0.2) is 4.79 Å². The first-order valence-corrected chi connectivity index (χ1v) is 11.4. The van der Waals surface area contributed by atoms with E-state index in [0.29, 0.717) is 5.92 Å². The van der Waals surface area contributed by atoms with Gasteiger partial charge in [0.15, 0.2) is 0 Å². The summed E-state index contributed by atoms with van der Waals surface area (Å²) in [7, 11) is 0. The third-order valence-corrected chi connectivity index (χ3v) is 7.44. The number of phenols is 1. The summed E-state index contributed by atoms with van der Waals surface area (Å²) in [5.41, 5.74) is 2.17. The fraction of sp³-hybridized carbons (Fsp3) is 0.500. The first-order valence-electron chi connectivity index (χ1n) is 11.4. The molecule has 0 spiro atoms. The highest BCUT2D eigenvalue weighted by molar-refractivity contribution is 5.91. The second-order valence-electron chi connectivity index (χ2n) is 9.24. The zero-order chi connectivity index (χ0) is 21.1. The van der Waals surface area contributed by atoms with Crippen LogP contribution in [0.4, 0.5) is 5.69 Å². The minimum absolute atomic E-state index is 0.00493. The Kier molecular flexibility index (Phi) is 6.03. The predicted molar refractivity (Wildman–Crippen MR) is 120 cm³/mol. The molecule has 30 heavy (non-hydrogen) atoms. The molecule has 1 aliphatic heterocycles. The number of carbonyl (C=O) groups is 1. The average Bonchev–Trinajstić information content (AvgIpc) is 3.06. The molecular weight excluding hydrogens is 374 g/mol. The molecule has 2 aromatic rings. The highest BCUT2D eigenvalue weighted by Crippen LogP contribution is 2.52. The molecule has 4 heteroatoms. The van der Waals surface area contributed by atoms with Gasteiger partial charge < -0.3 is 15.1 Å². The predicted octanol–water partition coefficient (Wildman–Crippen LogP) is 6.55. The van der Waals surface area contributed by atoms with E-state index in [9.17, 15) is 15.0 Å². The second-order valence-corrected chi connectivity index (χ2v) is 9.24. The molecule has 2 aromatic carbocycles. The van der Waals surface area contributed by atoms with Crippen LogP contribution in [0.5, 0.6) is 5.75 Å². The van der Waals surface area contributed by atoms with Gasteiger partial charge in [-0.2, -0.15) is 0 Å². The number of rotatable bonds is 4. The molecule has 0 bridgehead atoms. The van der Waals surface area contributed by atoms with Crippen LogP contribution in [0.25, 0.3) is 0 Å². The van der Waals surface area contributed by atoms with Gasteiger partial charge >= 0.3 is 5.97 Å². The highest BCUT2D eigenvalue weighted by Gasteiger charge is 2.48. The van der Waals surface area contributed by atoms with Crippen molar-refractivity contribution in [1.29, 1.82) is 0 Å². The van der Waals surface area contributed by atoms with Crippen LogP contribution < -0.4 is 4.90 Å². The molecule has 2 atom stereocenters. The normalized spacial score (nSPS) is 25.6. The molecular formula is C26H33NO3. The molecule has 0 radical (unpaired) electrons. The number of aromatic carboxylic acids is 1. The average molecular weight is 408 g/mol. The van der Waals surface area contributed by atoms with Crippen LogP contribution in [0.3, 0.4) is 0 Å². The zero-order valence-electron chi connectivity index (χ0n) is 17.9. The van der Waals surface area contributed by atoms with E-state index >= 15 is 0 Å². The van der Waals surface area contributed by atoms with Crippen molar-refractivity contribution in [1.82, 2.24) is 0 Å². The molecule has 2 N–H and O–H groups in total. The largest absolute Gasteiger partial charge is 0.507 e. The topological polar surface area (TPSA) is 60.8 Å². The van der Waals surface area contributed by atoms with Gasteiger partial charge in [-0.15, -0.1) is 0 Å². The Morgan fingerprint density at radius 1 is 0.967 bits per heavy atom. The van der Waals surface area contributed by atoms with Crippen LogP contribution in [0.1, 0.15) is 86.7 Å². The van der Waals surface area contributed by atoms with E-state index in [4.69, 9.17) is 0 Å². The Morgan fingerprint density at radius 2 is 1.63 bits per heavy atom. The Balaban J connectivity index is 1.76. The number of aromatic hydroxyl groups is 1. The lowest BCUT2D eigenvalue weighted by Crippen LogP contribution is -2.48. The molecule has 2 aliphatic rings. The van der Waals surface area contributed by atoms with Gasteiger partial charge in [0.05, 0.1) is 6.04 Å². The molecule has 4 rings (SSSR count). The molecule has 0 aromatic heterocycles. The van der Waals surface area contributed by atoms with Crippen LogP contribution in [-0.2, 0) is 0 Å². The van der Waals surface area contributed by atoms with Crippen LogP contribution in [0.2, 0.25) is 0 Å². The number of hydrogen-bond donors (Lipinski definition) is 2. The Morgan fingerprint density at radius 3 is 2.27 bits per heavy atom. The molecule has 1 saturated carbocycles. The fourth-order valence-electron chi connectivity index (χ4n) is 5.83. The Hall–Kier alpha value is -2.49. The molecule has 2 fully saturated rings. The summed E-state index contributed by atoms with van der Waals surface area (Å²) in [6.07, 6.45) is 11.2. The standard InChI is InChI=1S/C26H33NO3/c1-26(20-12-8-3-2-4-9-13-20)17-16-23(19-10-6-5-7-11-19)27(26)21-14-15-22(25(29)30)24(28)18-21/h5-7,10-11,14-15,18,20,23,28H,2-4,8-9,12-13,16-17H2,1H3,(H,29,30). The molecule has 2 unspecified atom stereocenters. The van der Waals surface area contributed by atoms with Gasteiger partial charge in [0, 0.05) is 17.3 Å². The lowest BCUT2D eigenvalue weighted by molar-refractivity contribution is 0.0694. The minimum Gasteiger partial charge on any atom is -0.507 e. The van der Waals surface area contributed by atoms with E-state index in [0.717, 1.165) is 18.5 Å². The van der Waals surface area contributed by atoms with Gasteiger partial charge in [-0.3, -0.25) is 0 Å².